The molecule has 0 saturated carbocycles. The molecule has 0 radical (unpaired) electrons. The quantitative estimate of drug-likeness (QED) is 0.720. The number of rotatable bonds is 6. The third kappa shape index (κ3) is 4.14. The van der Waals surface area contributed by atoms with E-state index in [0.717, 1.165) is 19.3 Å². The third-order valence-electron chi connectivity index (χ3n) is 5.38. The number of carbonyl (C=O) groups excluding carboxylic acids is 1. The summed E-state index contributed by atoms with van der Waals surface area (Å²) in [7, 11) is 0.954. The number of hydrogen-bond donors (Lipinski definition) is 1. The van der Waals surface area contributed by atoms with Crippen LogP contribution in [0.5, 0.6) is 11.5 Å². The molecule has 8 nitrogen and oxygen atoms in total. The summed E-state index contributed by atoms with van der Waals surface area (Å²) in [5.41, 5.74) is 1.08. The average molecular weight is 456 g/mol. The largest absolute Gasteiger partial charge is 0.495 e. The van der Waals surface area contributed by atoms with Gasteiger partial charge in [-0.3, -0.25) is 4.79 Å². The predicted molar refractivity (Wildman–Crippen MR) is 115 cm³/mol. The van der Waals surface area contributed by atoms with Crippen molar-refractivity contribution in [3.63, 3.8) is 0 Å². The molecule has 0 bridgehead atoms. The summed E-state index contributed by atoms with van der Waals surface area (Å²) in [6.45, 7) is 2.69. The first-order valence-electron chi connectivity index (χ1n) is 9.60. The van der Waals surface area contributed by atoms with E-state index < -0.39 is 15.9 Å². The number of carbonyl (C=O) groups is 1. The number of piperidine rings is 1. The van der Waals surface area contributed by atoms with Crippen LogP contribution in [0.25, 0.3) is 0 Å². The maximum Gasteiger partial charge on any atom is 0.272 e. The first-order chi connectivity index (χ1) is 14.2. The van der Waals surface area contributed by atoms with E-state index in [1.807, 2.05) is 0 Å². The van der Waals surface area contributed by atoms with Crippen LogP contribution >= 0.6 is 11.6 Å². The van der Waals surface area contributed by atoms with Gasteiger partial charge in [-0.25, -0.2) is 8.42 Å². The molecule has 1 amide bonds. The highest BCUT2D eigenvalue weighted by atomic mass is 35.5. The van der Waals surface area contributed by atoms with Gasteiger partial charge in [-0.15, -0.1) is 0 Å². The summed E-state index contributed by atoms with van der Waals surface area (Å²) in [5.74, 6) is 0.313. The molecule has 2 heterocycles. The van der Waals surface area contributed by atoms with Crippen LogP contribution in [0, 0.1) is 6.92 Å². The van der Waals surface area contributed by atoms with E-state index in [4.69, 9.17) is 21.1 Å². The number of amides is 1. The van der Waals surface area contributed by atoms with Crippen molar-refractivity contribution >= 4 is 33.2 Å². The number of ether oxygens (including phenoxy) is 2. The second-order valence-electron chi connectivity index (χ2n) is 7.14. The summed E-state index contributed by atoms with van der Waals surface area (Å²) in [4.78, 5) is 13.1. The molecule has 164 valence electrons. The van der Waals surface area contributed by atoms with Gasteiger partial charge in [0.2, 0.25) is 10.0 Å². The highest BCUT2D eigenvalue weighted by molar-refractivity contribution is 7.89. The van der Waals surface area contributed by atoms with Crippen LogP contribution in [0.4, 0.5) is 5.69 Å². The molecule has 30 heavy (non-hydrogen) atoms. The van der Waals surface area contributed by atoms with Crippen molar-refractivity contribution in [1.82, 2.24) is 8.87 Å². The van der Waals surface area contributed by atoms with Gasteiger partial charge in [-0.2, -0.15) is 4.31 Å². The van der Waals surface area contributed by atoms with Gasteiger partial charge in [-0.05, 0) is 31.9 Å². The third-order valence-corrected chi connectivity index (χ3v) is 7.69. The normalized spacial score (nSPS) is 15.1. The Morgan fingerprint density at radius 3 is 2.30 bits per heavy atom. The van der Waals surface area contributed by atoms with Gasteiger partial charge in [0.1, 0.15) is 22.1 Å². The fourth-order valence-corrected chi connectivity index (χ4v) is 5.57. The second-order valence-corrected chi connectivity index (χ2v) is 9.46. The summed E-state index contributed by atoms with van der Waals surface area (Å²) < 4.78 is 39.7. The van der Waals surface area contributed by atoms with Crippen LogP contribution < -0.4 is 14.8 Å². The van der Waals surface area contributed by atoms with Crippen molar-refractivity contribution in [2.75, 3.05) is 32.6 Å². The molecule has 0 aliphatic carbocycles. The lowest BCUT2D eigenvalue weighted by atomic mass is 10.2. The van der Waals surface area contributed by atoms with Gasteiger partial charge < -0.3 is 19.4 Å². The number of sulfonamides is 1. The van der Waals surface area contributed by atoms with Crippen molar-refractivity contribution < 1.29 is 22.7 Å². The molecule has 1 aromatic heterocycles. The lowest BCUT2D eigenvalue weighted by Crippen LogP contribution is -2.35. The fourth-order valence-electron chi connectivity index (χ4n) is 3.54. The molecule has 1 aliphatic heterocycles. The van der Waals surface area contributed by atoms with Crippen molar-refractivity contribution in [3.8, 4) is 11.5 Å². The number of benzene rings is 1. The van der Waals surface area contributed by atoms with Crippen molar-refractivity contribution in [2.45, 2.75) is 31.1 Å². The number of methoxy groups -OCH3 is 2. The second kappa shape index (κ2) is 8.87. The van der Waals surface area contributed by atoms with E-state index in [1.165, 1.54) is 30.7 Å². The number of nitrogens with one attached hydrogen (secondary N) is 1. The Bertz CT molecular complexity index is 1060. The van der Waals surface area contributed by atoms with Gasteiger partial charge in [0.05, 0.1) is 24.9 Å². The van der Waals surface area contributed by atoms with Gasteiger partial charge >= 0.3 is 0 Å². The Balaban J connectivity index is 1.93. The van der Waals surface area contributed by atoms with E-state index >= 15 is 0 Å². The number of nitrogens with zero attached hydrogens (tertiary/aromatic N) is 2. The van der Waals surface area contributed by atoms with Gasteiger partial charge in [0.25, 0.3) is 5.91 Å². The maximum atomic E-state index is 13.1. The molecule has 10 heteroatoms. The summed E-state index contributed by atoms with van der Waals surface area (Å²) >= 11 is 6.17. The van der Waals surface area contributed by atoms with Crippen LogP contribution in [0.1, 0.15) is 35.4 Å². The lowest BCUT2D eigenvalue weighted by Gasteiger charge is -2.25. The number of aromatic nitrogens is 1. The van der Waals surface area contributed by atoms with Gasteiger partial charge in [0, 0.05) is 31.9 Å². The first-order valence-corrected chi connectivity index (χ1v) is 11.4. The van der Waals surface area contributed by atoms with Crippen LogP contribution in [0.15, 0.2) is 23.1 Å². The summed E-state index contributed by atoms with van der Waals surface area (Å²) in [6.07, 6.45) is 2.71. The Kier molecular flexibility index (Phi) is 6.64. The standard InChI is InChI=1S/C20H26ClN3O5S/c1-13-19(30(26,27)24-8-6-5-7-9-24)11-16(23(13)2)20(25)22-15-10-14(21)17(28-3)12-18(15)29-4/h10-12H,5-9H2,1-4H3,(H,22,25). The summed E-state index contributed by atoms with van der Waals surface area (Å²) in [5, 5.41) is 3.06. The lowest BCUT2D eigenvalue weighted by molar-refractivity contribution is 0.101. The minimum Gasteiger partial charge on any atom is -0.495 e. The molecule has 0 unspecified atom stereocenters. The molecule has 0 atom stereocenters. The Morgan fingerprint density at radius 2 is 1.70 bits per heavy atom. The average Bonchev–Trinajstić information content (AvgIpc) is 3.04. The van der Waals surface area contributed by atoms with Crippen molar-refractivity contribution in [2.24, 2.45) is 7.05 Å². The fraction of sp³-hybridized carbons (Fsp3) is 0.450. The smallest absolute Gasteiger partial charge is 0.272 e. The molecule has 2 aromatic rings. The zero-order valence-electron chi connectivity index (χ0n) is 17.5. The molecular formula is C20H26ClN3O5S. The van der Waals surface area contributed by atoms with E-state index in [0.29, 0.717) is 41.0 Å². The van der Waals surface area contributed by atoms with Crippen LogP contribution in [-0.2, 0) is 17.1 Å². The Morgan fingerprint density at radius 1 is 1.07 bits per heavy atom. The number of anilines is 1. The molecular weight excluding hydrogens is 430 g/mol. The molecule has 1 aromatic carbocycles. The molecule has 0 spiro atoms. The van der Waals surface area contributed by atoms with Crippen molar-refractivity contribution in [3.05, 3.63) is 34.6 Å². The zero-order valence-corrected chi connectivity index (χ0v) is 19.1. The van der Waals surface area contributed by atoms with Gasteiger partial charge in [-0.1, -0.05) is 18.0 Å². The monoisotopic (exact) mass is 455 g/mol. The Labute approximate surface area is 181 Å². The minimum atomic E-state index is -3.66. The Hall–Kier alpha value is -2.23. The van der Waals surface area contributed by atoms with Crippen molar-refractivity contribution in [1.29, 1.82) is 0 Å². The zero-order chi connectivity index (χ0) is 22.1. The van der Waals surface area contributed by atoms with E-state index in [9.17, 15) is 13.2 Å². The SMILES string of the molecule is COc1cc(OC)c(NC(=O)c2cc(S(=O)(=O)N3CCCCC3)c(C)n2C)cc1Cl. The van der Waals surface area contributed by atoms with Crippen LogP contribution in [-0.4, -0.2) is 50.5 Å². The minimum absolute atomic E-state index is 0.150. The topological polar surface area (TPSA) is 89.9 Å². The number of halogens is 1. The first kappa shape index (κ1) is 22.5. The van der Waals surface area contributed by atoms with Gasteiger partial charge in [0.15, 0.2) is 0 Å². The number of hydrogen-bond acceptors (Lipinski definition) is 5. The summed E-state index contributed by atoms with van der Waals surface area (Å²) in [6, 6.07) is 4.52. The highest BCUT2D eigenvalue weighted by Crippen LogP contribution is 2.36. The highest BCUT2D eigenvalue weighted by Gasteiger charge is 2.31. The molecule has 1 saturated heterocycles. The van der Waals surface area contributed by atoms with E-state index in [2.05, 4.69) is 5.32 Å². The molecule has 3 rings (SSSR count). The maximum absolute atomic E-state index is 13.1. The van der Waals surface area contributed by atoms with E-state index in [-0.39, 0.29) is 10.6 Å². The van der Waals surface area contributed by atoms with Crippen LogP contribution in [0.2, 0.25) is 5.02 Å². The van der Waals surface area contributed by atoms with Crippen LogP contribution in [0.3, 0.4) is 0 Å². The van der Waals surface area contributed by atoms with E-state index in [1.54, 1.807) is 24.6 Å². The molecule has 1 aliphatic rings. The molecule has 1 fully saturated rings. The predicted octanol–water partition coefficient (Wildman–Crippen LogP) is 3.43. The molecule has 1 N–H and O–H groups in total.